The molecule has 13 heavy (non-hydrogen) atoms. The highest BCUT2D eigenvalue weighted by Gasteiger charge is 2.38. The molecular weight excluding hydrogens is 190 g/mol. The smallest absolute Gasteiger partial charge is 0.0921 e. The monoisotopic (exact) mass is 215 g/mol. The Morgan fingerprint density at radius 1 is 0.923 bits per heavy atom. The molecule has 0 saturated carbocycles. The van der Waals surface area contributed by atoms with E-state index in [1.807, 2.05) is 0 Å². The molecule has 1 aliphatic heterocycles. The van der Waals surface area contributed by atoms with Crippen LogP contribution >= 0.6 is 0 Å². The molecule has 1 heterocycles. The molecule has 1 N–H and O–H groups in total. The molecule has 0 radical (unpaired) electrons. The van der Waals surface area contributed by atoms with Gasteiger partial charge in [0.15, 0.2) is 0 Å². The molecule has 0 bridgehead atoms. The quantitative estimate of drug-likeness (QED) is 0.595. The van der Waals surface area contributed by atoms with Crippen LogP contribution in [0.5, 0.6) is 0 Å². The van der Waals surface area contributed by atoms with Crippen LogP contribution in [0, 0.1) is 10.8 Å². The van der Waals surface area contributed by atoms with Crippen molar-refractivity contribution in [3.63, 3.8) is 0 Å². The normalized spacial score (nSPS) is 34.6. The second-order valence-corrected chi connectivity index (χ2v) is 11.9. The molecule has 3 heteroatoms. The number of hydrogen-bond donors (Lipinski definition) is 1. The van der Waals surface area contributed by atoms with Crippen molar-refractivity contribution in [2.75, 3.05) is 0 Å². The maximum Gasteiger partial charge on any atom is 0.0921 e. The largest absolute Gasteiger partial charge is 0.342 e. The van der Waals surface area contributed by atoms with E-state index in [9.17, 15) is 0 Å². The highest BCUT2D eigenvalue weighted by atomic mass is 28.3. The van der Waals surface area contributed by atoms with Crippen molar-refractivity contribution in [1.29, 1.82) is 0 Å². The summed E-state index contributed by atoms with van der Waals surface area (Å²) in [5, 5.41) is 1.12. The fourth-order valence-electron chi connectivity index (χ4n) is 2.06. The summed E-state index contributed by atoms with van der Waals surface area (Å²) in [7, 11) is 0.151. The molecule has 1 rings (SSSR count). The predicted molar refractivity (Wildman–Crippen MR) is 66.7 cm³/mol. The van der Waals surface area contributed by atoms with Crippen LogP contribution in [0.15, 0.2) is 0 Å². The Kier molecular flexibility index (Phi) is 3.10. The van der Waals surface area contributed by atoms with Gasteiger partial charge < -0.3 is 4.98 Å². The topological polar surface area (TPSA) is 12.0 Å². The fraction of sp³-hybridized carbons (Fsp3) is 1.00. The fourth-order valence-corrected chi connectivity index (χ4v) is 9.17. The Morgan fingerprint density at radius 3 is 1.69 bits per heavy atom. The van der Waals surface area contributed by atoms with Crippen LogP contribution in [0.25, 0.3) is 0 Å². The van der Waals surface area contributed by atoms with E-state index in [0.717, 1.165) is 10.8 Å². The first-order valence-electron chi connectivity index (χ1n) is 5.44. The number of rotatable bonds is 0. The van der Waals surface area contributed by atoms with Gasteiger partial charge in [-0.2, -0.15) is 0 Å². The molecule has 1 saturated heterocycles. The molecule has 78 valence electrons. The van der Waals surface area contributed by atoms with Crippen LogP contribution in [-0.4, -0.2) is 24.9 Å². The summed E-state index contributed by atoms with van der Waals surface area (Å²) in [5.41, 5.74) is 2.01. The first-order chi connectivity index (χ1) is 5.71. The van der Waals surface area contributed by atoms with Crippen molar-refractivity contribution >= 4 is 19.2 Å². The van der Waals surface area contributed by atoms with E-state index in [1.54, 1.807) is 0 Å². The minimum atomic E-state index is 0.0375. The summed E-state index contributed by atoms with van der Waals surface area (Å²) in [4.78, 5) is 3.85. The van der Waals surface area contributed by atoms with E-state index in [1.165, 1.54) is 0 Å². The van der Waals surface area contributed by atoms with E-state index in [2.05, 4.69) is 46.5 Å². The second kappa shape index (κ2) is 3.52. The van der Waals surface area contributed by atoms with E-state index < -0.39 is 0 Å². The van der Waals surface area contributed by atoms with Crippen LogP contribution in [0.3, 0.4) is 0 Å². The Labute approximate surface area is 87.8 Å². The maximum absolute atomic E-state index is 3.85. The van der Waals surface area contributed by atoms with E-state index in [0.29, 0.717) is 10.8 Å². The van der Waals surface area contributed by atoms with Crippen molar-refractivity contribution in [3.05, 3.63) is 0 Å². The summed E-state index contributed by atoms with van der Waals surface area (Å²) in [5.74, 6) is 0. The van der Waals surface area contributed by atoms with Gasteiger partial charge in [0.25, 0.3) is 0 Å². The van der Waals surface area contributed by atoms with Crippen molar-refractivity contribution in [2.45, 2.75) is 52.4 Å². The molecule has 0 aromatic carbocycles. The molecule has 0 aromatic heterocycles. The van der Waals surface area contributed by atoms with Crippen LogP contribution < -0.4 is 4.98 Å². The highest BCUT2D eigenvalue weighted by Crippen LogP contribution is 2.35. The Morgan fingerprint density at radius 2 is 1.46 bits per heavy atom. The van der Waals surface area contributed by atoms with E-state index >= 15 is 0 Å². The third-order valence-corrected chi connectivity index (χ3v) is 12.1. The zero-order valence-electron chi connectivity index (χ0n) is 10.1. The summed E-state index contributed by atoms with van der Waals surface area (Å²) in [6.07, 6.45) is 0. The zero-order chi connectivity index (χ0) is 10.3. The van der Waals surface area contributed by atoms with E-state index in [4.69, 9.17) is 0 Å². The van der Waals surface area contributed by atoms with Crippen molar-refractivity contribution < 1.29 is 0 Å². The summed E-state index contributed by atoms with van der Waals surface area (Å²) >= 11 is 0. The van der Waals surface area contributed by atoms with Crippen molar-refractivity contribution in [1.82, 2.24) is 4.98 Å². The lowest BCUT2D eigenvalue weighted by Crippen LogP contribution is -2.39. The van der Waals surface area contributed by atoms with Gasteiger partial charge in [-0.1, -0.05) is 41.5 Å². The minimum Gasteiger partial charge on any atom is -0.342 e. The van der Waals surface area contributed by atoms with Crippen LogP contribution in [0.1, 0.15) is 41.5 Å². The van der Waals surface area contributed by atoms with Gasteiger partial charge in [-0.15, -0.1) is 0 Å². The van der Waals surface area contributed by atoms with Crippen molar-refractivity contribution in [2.24, 2.45) is 10.8 Å². The van der Waals surface area contributed by atoms with Crippen molar-refractivity contribution in [3.8, 4) is 0 Å². The molecule has 0 aliphatic carbocycles. The summed E-state index contributed by atoms with van der Waals surface area (Å²) in [6, 6.07) is 0. The average molecular weight is 215 g/mol. The van der Waals surface area contributed by atoms with E-state index in [-0.39, 0.29) is 19.2 Å². The van der Waals surface area contributed by atoms with Gasteiger partial charge in [0.2, 0.25) is 0 Å². The zero-order valence-corrected chi connectivity index (χ0v) is 12.9. The molecular formula is C10H25NSi2. The molecule has 1 aliphatic rings. The van der Waals surface area contributed by atoms with Crippen LogP contribution in [0.4, 0.5) is 0 Å². The SMILES string of the molecule is CC(C)(C)C1N[SiH2]C(C(C)(C)C)[SiH2]1. The lowest BCUT2D eigenvalue weighted by Gasteiger charge is -2.29. The minimum absolute atomic E-state index is 0.0375. The second-order valence-electron chi connectivity index (χ2n) is 6.63. The first kappa shape index (κ1) is 11.5. The Balaban J connectivity index is 2.55. The molecule has 1 fully saturated rings. The molecule has 1 nitrogen and oxygen atoms in total. The lowest BCUT2D eigenvalue weighted by molar-refractivity contribution is 0.375. The standard InChI is InChI=1S/C10H25NSi2/c1-9(2,3)7-11-13-8(12-7)10(4,5)6/h7-8,11H,12-13H2,1-6H3. The molecule has 2 atom stereocenters. The maximum atomic E-state index is 3.85. The van der Waals surface area contributed by atoms with Gasteiger partial charge in [-0.3, -0.25) is 0 Å². The highest BCUT2D eigenvalue weighted by molar-refractivity contribution is 6.64. The van der Waals surface area contributed by atoms with Crippen LogP contribution in [0.2, 0.25) is 5.16 Å². The molecule has 2 unspecified atom stereocenters. The molecule has 0 amide bonds. The first-order valence-corrected chi connectivity index (χ1v) is 8.60. The number of hydrogen-bond acceptors (Lipinski definition) is 1. The Hall–Kier alpha value is 0.394. The Bertz CT molecular complexity index is 158. The van der Waals surface area contributed by atoms with Gasteiger partial charge in [0, 0.05) is 9.52 Å². The number of nitrogens with one attached hydrogen (secondary N) is 1. The van der Waals surface area contributed by atoms with Gasteiger partial charge in [-0.25, -0.2) is 0 Å². The molecule has 0 spiro atoms. The summed E-state index contributed by atoms with van der Waals surface area (Å²) < 4.78 is 0. The summed E-state index contributed by atoms with van der Waals surface area (Å²) in [6.45, 7) is 14.4. The van der Waals surface area contributed by atoms with Gasteiger partial charge in [0.05, 0.1) is 9.68 Å². The lowest BCUT2D eigenvalue weighted by atomic mass is 9.97. The van der Waals surface area contributed by atoms with Crippen LogP contribution in [-0.2, 0) is 0 Å². The third kappa shape index (κ3) is 2.93. The van der Waals surface area contributed by atoms with Gasteiger partial charge in [0.1, 0.15) is 0 Å². The average Bonchev–Trinajstić information content (AvgIpc) is 2.28. The predicted octanol–water partition coefficient (Wildman–Crippen LogP) is 1.01. The third-order valence-electron chi connectivity index (χ3n) is 3.40. The van der Waals surface area contributed by atoms with Gasteiger partial charge >= 0.3 is 0 Å². The van der Waals surface area contributed by atoms with Gasteiger partial charge in [-0.05, 0) is 21.7 Å². The molecule has 0 aromatic rings.